The van der Waals surface area contributed by atoms with E-state index in [1.807, 2.05) is 18.2 Å². The fourth-order valence-corrected chi connectivity index (χ4v) is 3.87. The van der Waals surface area contributed by atoms with Crippen molar-refractivity contribution in [1.82, 2.24) is 20.4 Å². The normalized spacial score (nSPS) is 14.3. The summed E-state index contributed by atoms with van der Waals surface area (Å²) in [5.41, 5.74) is 2.31. The molecular weight excluding hydrogens is 445 g/mol. The van der Waals surface area contributed by atoms with Crippen LogP contribution in [0.15, 0.2) is 53.1 Å². The monoisotopic (exact) mass is 469 g/mol. The van der Waals surface area contributed by atoms with Gasteiger partial charge in [0.2, 0.25) is 0 Å². The molecular formula is C24H25ClFN5O2. The Morgan fingerprint density at radius 2 is 1.85 bits per heavy atom. The number of carbonyl (C=O) groups excluding carboxylic acids is 1. The SMILES string of the molecule is Cl.N#Cc1ccc(-c2nc(C(=O)NCCC3CCN(Cc4ccc(F)cc4)CC3)no2)cc1. The molecule has 0 radical (unpaired) electrons. The zero-order valence-electron chi connectivity index (χ0n) is 18.0. The van der Waals surface area contributed by atoms with Crippen LogP contribution in [0.2, 0.25) is 0 Å². The molecule has 0 atom stereocenters. The molecule has 1 amide bonds. The predicted molar refractivity (Wildman–Crippen MR) is 123 cm³/mol. The fraction of sp³-hybridized carbons (Fsp3) is 0.333. The highest BCUT2D eigenvalue weighted by molar-refractivity contribution is 5.90. The minimum absolute atomic E-state index is 0. The van der Waals surface area contributed by atoms with Crippen molar-refractivity contribution < 1.29 is 13.7 Å². The summed E-state index contributed by atoms with van der Waals surface area (Å²) in [7, 11) is 0. The van der Waals surface area contributed by atoms with Crippen molar-refractivity contribution >= 4 is 18.3 Å². The lowest BCUT2D eigenvalue weighted by molar-refractivity contribution is 0.0934. The maximum absolute atomic E-state index is 13.0. The van der Waals surface area contributed by atoms with Crippen molar-refractivity contribution in [2.45, 2.75) is 25.8 Å². The van der Waals surface area contributed by atoms with Crippen LogP contribution < -0.4 is 5.32 Å². The number of amides is 1. The van der Waals surface area contributed by atoms with Gasteiger partial charge in [0.1, 0.15) is 5.82 Å². The standard InChI is InChI=1S/C24H24FN5O2.ClH/c25-21-7-3-19(4-8-21)16-30-13-10-17(11-14-30)9-12-27-23(31)22-28-24(32-29-22)20-5-1-18(15-26)2-6-20;/h1-8,17H,9-14,16H2,(H,27,31);1H. The van der Waals surface area contributed by atoms with Crippen LogP contribution in [-0.4, -0.2) is 40.6 Å². The van der Waals surface area contributed by atoms with E-state index in [0.29, 0.717) is 23.6 Å². The Balaban J connectivity index is 0.00000306. The van der Waals surface area contributed by atoms with E-state index in [1.54, 1.807) is 24.3 Å². The van der Waals surface area contributed by atoms with Crippen molar-refractivity contribution in [2.75, 3.05) is 19.6 Å². The van der Waals surface area contributed by atoms with E-state index in [-0.39, 0.29) is 35.8 Å². The molecule has 0 unspecified atom stereocenters. The number of hydrogen-bond donors (Lipinski definition) is 1. The molecule has 0 aliphatic carbocycles. The second-order valence-corrected chi connectivity index (χ2v) is 8.00. The fourth-order valence-electron chi connectivity index (χ4n) is 3.87. The van der Waals surface area contributed by atoms with Crippen LogP contribution in [0.3, 0.4) is 0 Å². The zero-order valence-corrected chi connectivity index (χ0v) is 18.9. The van der Waals surface area contributed by atoms with Crippen molar-refractivity contribution in [1.29, 1.82) is 5.26 Å². The molecule has 1 saturated heterocycles. The molecule has 1 N–H and O–H groups in total. The van der Waals surface area contributed by atoms with Gasteiger partial charge in [-0.1, -0.05) is 17.3 Å². The van der Waals surface area contributed by atoms with Gasteiger partial charge in [-0.05, 0) is 80.2 Å². The molecule has 3 aromatic rings. The van der Waals surface area contributed by atoms with E-state index >= 15 is 0 Å². The molecule has 0 spiro atoms. The molecule has 0 bridgehead atoms. The molecule has 1 aliphatic rings. The number of piperidine rings is 1. The summed E-state index contributed by atoms with van der Waals surface area (Å²) in [6, 6.07) is 15.4. The number of likely N-dealkylation sites (tertiary alicyclic amines) is 1. The van der Waals surface area contributed by atoms with Crippen LogP contribution in [0.5, 0.6) is 0 Å². The van der Waals surface area contributed by atoms with E-state index in [0.717, 1.165) is 44.5 Å². The van der Waals surface area contributed by atoms with Crippen molar-refractivity contribution in [2.24, 2.45) is 5.92 Å². The summed E-state index contributed by atoms with van der Waals surface area (Å²) in [5.74, 6) is 0.231. The topological polar surface area (TPSA) is 95.0 Å². The molecule has 2 aromatic carbocycles. The summed E-state index contributed by atoms with van der Waals surface area (Å²) in [6.45, 7) is 3.38. The molecule has 7 nitrogen and oxygen atoms in total. The Bertz CT molecular complexity index is 1090. The Hall–Kier alpha value is -3.28. The summed E-state index contributed by atoms with van der Waals surface area (Å²) in [6.07, 6.45) is 3.04. The van der Waals surface area contributed by atoms with E-state index in [4.69, 9.17) is 9.78 Å². The van der Waals surface area contributed by atoms with Gasteiger partial charge in [-0.25, -0.2) is 4.39 Å². The zero-order chi connectivity index (χ0) is 22.3. The number of aromatic nitrogens is 2. The summed E-state index contributed by atoms with van der Waals surface area (Å²) in [5, 5.41) is 15.5. The maximum atomic E-state index is 13.0. The molecule has 1 aliphatic heterocycles. The highest BCUT2D eigenvalue weighted by Gasteiger charge is 2.20. The van der Waals surface area contributed by atoms with Gasteiger partial charge in [0, 0.05) is 18.7 Å². The number of rotatable bonds is 7. The molecule has 0 saturated carbocycles. The van der Waals surface area contributed by atoms with E-state index < -0.39 is 0 Å². The van der Waals surface area contributed by atoms with E-state index in [9.17, 15) is 9.18 Å². The number of carbonyl (C=O) groups is 1. The van der Waals surface area contributed by atoms with Crippen LogP contribution in [0, 0.1) is 23.1 Å². The smallest absolute Gasteiger partial charge is 0.292 e. The Morgan fingerprint density at radius 1 is 1.15 bits per heavy atom. The lowest BCUT2D eigenvalue weighted by Crippen LogP contribution is -2.35. The third-order valence-electron chi connectivity index (χ3n) is 5.75. The lowest BCUT2D eigenvalue weighted by atomic mass is 9.93. The first-order chi connectivity index (χ1) is 15.6. The predicted octanol–water partition coefficient (Wildman–Crippen LogP) is 4.20. The molecule has 1 aromatic heterocycles. The van der Waals surface area contributed by atoms with Crippen molar-refractivity contribution in [3.05, 3.63) is 71.3 Å². The first kappa shape index (κ1) is 24.4. The minimum atomic E-state index is -0.359. The highest BCUT2D eigenvalue weighted by atomic mass is 35.5. The molecule has 33 heavy (non-hydrogen) atoms. The Labute approximate surface area is 198 Å². The molecule has 1 fully saturated rings. The Kier molecular flexibility index (Phi) is 8.52. The average Bonchev–Trinajstić information content (AvgIpc) is 3.32. The van der Waals surface area contributed by atoms with Crippen LogP contribution >= 0.6 is 12.4 Å². The van der Waals surface area contributed by atoms with E-state index in [2.05, 4.69) is 20.4 Å². The minimum Gasteiger partial charge on any atom is -0.349 e. The molecule has 2 heterocycles. The van der Waals surface area contributed by atoms with Crippen molar-refractivity contribution in [3.8, 4) is 17.5 Å². The van der Waals surface area contributed by atoms with Crippen LogP contribution in [0.1, 0.15) is 41.0 Å². The first-order valence-corrected chi connectivity index (χ1v) is 10.7. The summed E-state index contributed by atoms with van der Waals surface area (Å²) < 4.78 is 18.2. The van der Waals surface area contributed by atoms with E-state index in [1.165, 1.54) is 12.1 Å². The number of benzene rings is 2. The van der Waals surface area contributed by atoms with Gasteiger partial charge in [0.05, 0.1) is 11.6 Å². The summed E-state index contributed by atoms with van der Waals surface area (Å²) in [4.78, 5) is 18.9. The second kappa shape index (κ2) is 11.5. The Morgan fingerprint density at radius 3 is 2.52 bits per heavy atom. The van der Waals surface area contributed by atoms with Crippen LogP contribution in [0.4, 0.5) is 4.39 Å². The van der Waals surface area contributed by atoms with Gasteiger partial charge in [0.25, 0.3) is 17.6 Å². The molecule has 9 heteroatoms. The number of nitrogens with one attached hydrogen (secondary N) is 1. The third kappa shape index (κ3) is 6.60. The number of hydrogen-bond acceptors (Lipinski definition) is 6. The molecule has 172 valence electrons. The van der Waals surface area contributed by atoms with Gasteiger partial charge in [-0.15, -0.1) is 12.4 Å². The molecule has 4 rings (SSSR count). The average molecular weight is 470 g/mol. The van der Waals surface area contributed by atoms with Gasteiger partial charge in [-0.2, -0.15) is 10.2 Å². The third-order valence-corrected chi connectivity index (χ3v) is 5.75. The van der Waals surface area contributed by atoms with Gasteiger partial charge in [0.15, 0.2) is 0 Å². The number of halogens is 2. The first-order valence-electron chi connectivity index (χ1n) is 10.7. The number of nitriles is 1. The summed E-state index contributed by atoms with van der Waals surface area (Å²) >= 11 is 0. The van der Waals surface area contributed by atoms with Crippen LogP contribution in [0.25, 0.3) is 11.5 Å². The highest BCUT2D eigenvalue weighted by Crippen LogP contribution is 2.22. The largest absolute Gasteiger partial charge is 0.349 e. The number of nitrogens with zero attached hydrogens (tertiary/aromatic N) is 4. The van der Waals surface area contributed by atoms with Gasteiger partial charge in [-0.3, -0.25) is 9.69 Å². The quantitative estimate of drug-likeness (QED) is 0.557. The maximum Gasteiger partial charge on any atom is 0.292 e. The van der Waals surface area contributed by atoms with Gasteiger partial charge < -0.3 is 9.84 Å². The van der Waals surface area contributed by atoms with Gasteiger partial charge >= 0.3 is 0 Å². The van der Waals surface area contributed by atoms with Crippen molar-refractivity contribution in [3.63, 3.8) is 0 Å². The van der Waals surface area contributed by atoms with Crippen LogP contribution in [-0.2, 0) is 6.54 Å². The second-order valence-electron chi connectivity index (χ2n) is 8.00. The lowest BCUT2D eigenvalue weighted by Gasteiger charge is -2.32.